The number of likely N-dealkylation sites (tertiary alicyclic amines) is 1. The summed E-state index contributed by atoms with van der Waals surface area (Å²) in [6, 6.07) is 1.35. The maximum absolute atomic E-state index is 12.2. The van der Waals surface area contributed by atoms with E-state index in [1.54, 1.807) is 6.92 Å². The van der Waals surface area contributed by atoms with E-state index in [0.29, 0.717) is 0 Å². The maximum Gasteiger partial charge on any atom is 0.338 e. The first-order valence-corrected chi connectivity index (χ1v) is 11.1. The maximum atomic E-state index is 12.2. The number of carbonyl (C=O) groups excluding carboxylic acids is 2. The van der Waals surface area contributed by atoms with Gasteiger partial charge in [-0.2, -0.15) is 0 Å². The molecule has 2 aliphatic rings. The molecule has 5 atom stereocenters. The Morgan fingerprint density at radius 3 is 2.61 bits per heavy atom. The molecule has 13 heteroatoms. The summed E-state index contributed by atoms with van der Waals surface area (Å²) in [5.74, 6) is -3.56. The minimum Gasteiger partial charge on any atom is -0.772 e. The molecule has 1 saturated heterocycles. The molecule has 0 bridgehead atoms. The predicted octanol–water partition coefficient (Wildman–Crippen LogP) is 0.501. The molecule has 0 spiro atoms. The number of carboxylic acids is 1. The van der Waals surface area contributed by atoms with Crippen molar-refractivity contribution in [1.82, 2.24) is 4.90 Å². The quantitative estimate of drug-likeness (QED) is 0.193. The molecule has 0 radical (unpaired) electrons. The van der Waals surface area contributed by atoms with Crippen molar-refractivity contribution in [1.29, 1.82) is 0 Å². The van der Waals surface area contributed by atoms with E-state index in [9.17, 15) is 38.5 Å². The number of aliphatic carboxylic acids is 1. The van der Waals surface area contributed by atoms with Crippen molar-refractivity contribution >= 4 is 34.6 Å². The van der Waals surface area contributed by atoms with Crippen molar-refractivity contribution in [2.24, 2.45) is 5.16 Å². The number of aromatic hydroxyl groups is 2. The Bertz CT molecular complexity index is 1030. The zero-order valence-corrected chi connectivity index (χ0v) is 18.6. The van der Waals surface area contributed by atoms with Gasteiger partial charge in [0.15, 0.2) is 17.5 Å². The van der Waals surface area contributed by atoms with Crippen LogP contribution >= 0.6 is 0 Å². The van der Waals surface area contributed by atoms with Crippen molar-refractivity contribution < 1.29 is 48.0 Å². The van der Waals surface area contributed by atoms with Crippen LogP contribution in [-0.4, -0.2) is 82.1 Å². The number of phenols is 2. The number of ether oxygens (including phenoxy) is 1. The molecular formula is C20H23N2O10S-. The van der Waals surface area contributed by atoms with Crippen molar-refractivity contribution in [2.45, 2.75) is 56.0 Å². The molecular weight excluding hydrogens is 460 g/mol. The van der Waals surface area contributed by atoms with Crippen molar-refractivity contribution in [3.63, 3.8) is 0 Å². The molecule has 1 aromatic rings. The van der Waals surface area contributed by atoms with E-state index in [2.05, 4.69) is 5.16 Å². The van der Waals surface area contributed by atoms with Gasteiger partial charge in [0.25, 0.3) is 0 Å². The molecule has 33 heavy (non-hydrogen) atoms. The monoisotopic (exact) mass is 483 g/mol. The average molecular weight is 483 g/mol. The van der Waals surface area contributed by atoms with E-state index in [0.717, 1.165) is 17.0 Å². The fourth-order valence-electron chi connectivity index (χ4n) is 3.85. The summed E-state index contributed by atoms with van der Waals surface area (Å²) in [5.41, 5.74) is -0.0311. The molecule has 12 nitrogen and oxygen atoms in total. The largest absolute Gasteiger partial charge is 0.772 e. The van der Waals surface area contributed by atoms with Crippen LogP contribution in [0.1, 0.15) is 43.5 Å². The van der Waals surface area contributed by atoms with Crippen LogP contribution in [0.25, 0.3) is 0 Å². The van der Waals surface area contributed by atoms with E-state index in [1.807, 2.05) is 0 Å². The van der Waals surface area contributed by atoms with Crippen LogP contribution in [-0.2, 0) is 30.2 Å². The van der Waals surface area contributed by atoms with Gasteiger partial charge in [0, 0.05) is 25.3 Å². The van der Waals surface area contributed by atoms with Gasteiger partial charge < -0.3 is 34.3 Å². The minimum absolute atomic E-state index is 0.0153. The highest BCUT2D eigenvalue weighted by atomic mass is 32.2. The van der Waals surface area contributed by atoms with Crippen LogP contribution in [0, 0.1) is 0 Å². The lowest BCUT2D eigenvalue weighted by Gasteiger charge is -2.49. The number of carboxylic acid groups (broad SMARTS) is 1. The van der Waals surface area contributed by atoms with Gasteiger partial charge in [0.2, 0.25) is 5.91 Å². The second kappa shape index (κ2) is 9.35. The zero-order chi connectivity index (χ0) is 24.5. The summed E-state index contributed by atoms with van der Waals surface area (Å²) in [6.07, 6.45) is -0.465. The Morgan fingerprint density at radius 2 is 2.06 bits per heavy atom. The van der Waals surface area contributed by atoms with Crippen LogP contribution in [0.15, 0.2) is 23.4 Å². The van der Waals surface area contributed by atoms with E-state index in [4.69, 9.17) is 9.57 Å². The normalized spacial score (nSPS) is 23.5. The smallest absolute Gasteiger partial charge is 0.338 e. The predicted molar refractivity (Wildman–Crippen MR) is 111 cm³/mol. The molecule has 180 valence electrons. The van der Waals surface area contributed by atoms with E-state index >= 15 is 0 Å². The number of amides is 1. The molecule has 2 unspecified atom stereocenters. The molecule has 0 aliphatic carbocycles. The first kappa shape index (κ1) is 24.5. The van der Waals surface area contributed by atoms with Crippen molar-refractivity contribution in [3.8, 4) is 11.5 Å². The highest BCUT2D eigenvalue weighted by molar-refractivity contribution is 7.81. The molecule has 2 heterocycles. The van der Waals surface area contributed by atoms with Gasteiger partial charge in [-0.15, -0.1) is 0 Å². The van der Waals surface area contributed by atoms with Crippen molar-refractivity contribution in [3.05, 3.63) is 23.8 Å². The number of carbonyl (C=O) groups is 3. The third kappa shape index (κ3) is 4.64. The molecule has 1 fully saturated rings. The fourth-order valence-corrected chi connectivity index (χ4v) is 4.56. The van der Waals surface area contributed by atoms with Crippen LogP contribution in [0.5, 0.6) is 11.5 Å². The van der Waals surface area contributed by atoms with E-state index in [-0.39, 0.29) is 42.9 Å². The van der Waals surface area contributed by atoms with E-state index < -0.39 is 57.6 Å². The van der Waals surface area contributed by atoms with Gasteiger partial charge in [-0.05, 0) is 43.1 Å². The molecule has 1 aromatic carbocycles. The van der Waals surface area contributed by atoms with Gasteiger partial charge in [-0.25, -0.2) is 9.59 Å². The number of oxime groups is 1. The number of hydrogen-bond donors (Lipinski definition) is 3. The summed E-state index contributed by atoms with van der Waals surface area (Å²) in [5, 5.41) is 32.3. The summed E-state index contributed by atoms with van der Waals surface area (Å²) in [7, 11) is 0. The van der Waals surface area contributed by atoms with Crippen molar-refractivity contribution in [2.75, 3.05) is 6.61 Å². The van der Waals surface area contributed by atoms with Crippen LogP contribution in [0.4, 0.5) is 0 Å². The van der Waals surface area contributed by atoms with Gasteiger partial charge in [-0.3, -0.25) is 9.00 Å². The number of phenolic OH excluding ortho intramolecular Hbond substituents is 2. The van der Waals surface area contributed by atoms with Crippen LogP contribution in [0.2, 0.25) is 0 Å². The molecule has 3 N–H and O–H groups in total. The van der Waals surface area contributed by atoms with Crippen LogP contribution < -0.4 is 0 Å². The number of nitrogens with zero attached hydrogens (tertiary/aromatic N) is 2. The SMILES string of the molecule is C[C@@H]1CC(=O)N1[C@@H](C(=O)O)[C@](C)(C1=NOC(CCOC(=O)c2ccc(O)c(O)c2)C1)S(=O)[O-]. The second-order valence-electron chi connectivity index (χ2n) is 8.03. The lowest BCUT2D eigenvalue weighted by molar-refractivity contribution is -0.161. The Morgan fingerprint density at radius 1 is 1.36 bits per heavy atom. The fraction of sp³-hybridized carbons (Fsp3) is 0.500. The Balaban J connectivity index is 1.64. The number of benzene rings is 1. The van der Waals surface area contributed by atoms with E-state index in [1.165, 1.54) is 13.0 Å². The topological polar surface area (TPSA) is 186 Å². The highest BCUT2D eigenvalue weighted by Gasteiger charge is 2.55. The number of esters is 1. The average Bonchev–Trinajstić information content (AvgIpc) is 3.22. The Hall–Kier alpha value is -3.19. The summed E-state index contributed by atoms with van der Waals surface area (Å²) >= 11 is -2.95. The van der Waals surface area contributed by atoms with Gasteiger partial charge in [-0.1, -0.05) is 5.16 Å². The van der Waals surface area contributed by atoms with Crippen LogP contribution in [0.3, 0.4) is 0 Å². The molecule has 0 saturated carbocycles. The number of rotatable bonds is 9. The number of hydrogen-bond acceptors (Lipinski definition) is 10. The second-order valence-corrected chi connectivity index (χ2v) is 9.35. The van der Waals surface area contributed by atoms with Gasteiger partial charge in [0.05, 0.1) is 17.9 Å². The third-order valence-corrected chi connectivity index (χ3v) is 6.95. The summed E-state index contributed by atoms with van der Waals surface area (Å²) < 4.78 is 27.4. The summed E-state index contributed by atoms with van der Waals surface area (Å²) in [4.78, 5) is 42.3. The van der Waals surface area contributed by atoms with Gasteiger partial charge in [0.1, 0.15) is 10.9 Å². The molecule has 1 amide bonds. The lowest BCUT2D eigenvalue weighted by atomic mass is 9.86. The van der Waals surface area contributed by atoms with Gasteiger partial charge >= 0.3 is 11.9 Å². The first-order valence-electron chi connectivity index (χ1n) is 10.0. The Kier molecular flexibility index (Phi) is 6.93. The lowest BCUT2D eigenvalue weighted by Crippen LogP contribution is -2.68. The molecule has 3 rings (SSSR count). The zero-order valence-electron chi connectivity index (χ0n) is 17.8. The number of β-lactam (4-membered cyclic amide) rings is 1. The summed E-state index contributed by atoms with van der Waals surface area (Å²) in [6.45, 7) is 2.69. The molecule has 0 aromatic heterocycles. The Labute approximate surface area is 191 Å². The standard InChI is InChI=1S/C20H24N2O10S/c1-10-7-16(25)22(10)17(18(26)27)20(2,33(29)30)15-9-12(32-21-15)5-6-31-19(28)11-3-4-13(23)14(24)8-11/h3-4,8,10,12,17,23-24H,5-7,9H2,1-2H3,(H,26,27)(H,29,30)/p-1/t10-,12?,17+,20+/m1/s1. The molecule has 2 aliphatic heterocycles. The third-order valence-electron chi connectivity index (χ3n) is 5.80. The highest BCUT2D eigenvalue weighted by Crippen LogP contribution is 2.35. The first-order chi connectivity index (χ1) is 15.5. The minimum atomic E-state index is -2.95.